The van der Waals surface area contributed by atoms with Crippen molar-refractivity contribution in [3.8, 4) is 11.6 Å². The molecule has 5 heteroatoms. The first kappa shape index (κ1) is 11.3. The number of aromatic nitrogens is 1. The molecule has 1 heterocycles. The van der Waals surface area contributed by atoms with Crippen molar-refractivity contribution in [1.29, 1.82) is 0 Å². The Morgan fingerprint density at radius 1 is 1.53 bits per heavy atom. The van der Waals surface area contributed by atoms with E-state index in [4.69, 9.17) is 9.84 Å². The van der Waals surface area contributed by atoms with Crippen LogP contribution in [0.3, 0.4) is 0 Å². The smallest absolute Gasteiger partial charge is 0.358 e. The summed E-state index contributed by atoms with van der Waals surface area (Å²) in [4.78, 5) is 14.3. The highest BCUT2D eigenvalue weighted by molar-refractivity contribution is 5.88. The van der Waals surface area contributed by atoms with Crippen LogP contribution in [0.2, 0.25) is 0 Å². The van der Waals surface area contributed by atoms with Crippen LogP contribution < -0.4 is 4.74 Å². The van der Waals surface area contributed by atoms with Gasteiger partial charge in [-0.2, -0.15) is 0 Å². The first-order chi connectivity index (χ1) is 7.00. The van der Waals surface area contributed by atoms with Crippen molar-refractivity contribution < 1.29 is 19.7 Å². The van der Waals surface area contributed by atoms with Gasteiger partial charge in [0.1, 0.15) is 5.75 Å². The average molecular weight is 211 g/mol. The average Bonchev–Trinajstić information content (AvgIpc) is 2.16. The van der Waals surface area contributed by atoms with E-state index in [2.05, 4.69) is 4.98 Å². The number of nitrogens with zero attached hydrogens (tertiary/aromatic N) is 1. The lowest BCUT2D eigenvalue weighted by atomic mass is 10.2. The standard InChI is InChI=1S/C10H13NO4/c1-6(2)5-15-8-4-3-7(12)9(11-8)10(13)14/h3-4,6,12H,5H2,1-2H3,(H,13,14). The van der Waals surface area contributed by atoms with Gasteiger partial charge in [0.2, 0.25) is 5.88 Å². The highest BCUT2D eigenvalue weighted by Gasteiger charge is 2.12. The number of carbonyl (C=O) groups is 1. The van der Waals surface area contributed by atoms with Gasteiger partial charge in [-0.15, -0.1) is 0 Å². The fourth-order valence-corrected chi connectivity index (χ4v) is 0.924. The molecule has 1 aromatic heterocycles. The van der Waals surface area contributed by atoms with Gasteiger partial charge in [0, 0.05) is 6.07 Å². The second kappa shape index (κ2) is 4.63. The lowest BCUT2D eigenvalue weighted by Gasteiger charge is -2.08. The number of aromatic hydroxyl groups is 1. The molecule has 0 bridgehead atoms. The minimum atomic E-state index is -1.28. The van der Waals surface area contributed by atoms with E-state index in [0.29, 0.717) is 12.5 Å². The Labute approximate surface area is 87.3 Å². The molecule has 0 amide bonds. The van der Waals surface area contributed by atoms with Gasteiger partial charge >= 0.3 is 5.97 Å². The van der Waals surface area contributed by atoms with Crippen LogP contribution in [0.1, 0.15) is 24.3 Å². The molecule has 0 aliphatic rings. The summed E-state index contributed by atoms with van der Waals surface area (Å²) in [5.41, 5.74) is -0.392. The number of rotatable bonds is 4. The molecular weight excluding hydrogens is 198 g/mol. The Morgan fingerprint density at radius 2 is 2.20 bits per heavy atom. The van der Waals surface area contributed by atoms with E-state index >= 15 is 0 Å². The maximum atomic E-state index is 10.6. The number of carboxylic acids is 1. The predicted molar refractivity (Wildman–Crippen MR) is 53.2 cm³/mol. The maximum absolute atomic E-state index is 10.6. The van der Waals surface area contributed by atoms with Gasteiger partial charge in [0.25, 0.3) is 0 Å². The summed E-state index contributed by atoms with van der Waals surface area (Å²) in [5.74, 6) is -1.10. The third-order valence-electron chi connectivity index (χ3n) is 1.62. The molecule has 15 heavy (non-hydrogen) atoms. The van der Waals surface area contributed by atoms with Gasteiger partial charge in [-0.3, -0.25) is 0 Å². The summed E-state index contributed by atoms with van der Waals surface area (Å²) in [6, 6.07) is 2.69. The molecule has 0 aliphatic heterocycles. The molecule has 0 spiro atoms. The second-order valence-corrected chi connectivity index (χ2v) is 3.53. The Hall–Kier alpha value is -1.78. The molecule has 0 radical (unpaired) electrons. The van der Waals surface area contributed by atoms with Gasteiger partial charge in [-0.05, 0) is 12.0 Å². The van der Waals surface area contributed by atoms with Crippen LogP contribution >= 0.6 is 0 Å². The Morgan fingerprint density at radius 3 is 2.73 bits per heavy atom. The largest absolute Gasteiger partial charge is 0.505 e. The predicted octanol–water partition coefficient (Wildman–Crippen LogP) is 1.52. The monoisotopic (exact) mass is 211 g/mol. The van der Waals surface area contributed by atoms with Crippen LogP contribution in [0.15, 0.2) is 12.1 Å². The van der Waals surface area contributed by atoms with E-state index in [0.717, 1.165) is 0 Å². The zero-order chi connectivity index (χ0) is 11.4. The number of hydrogen-bond acceptors (Lipinski definition) is 4. The highest BCUT2D eigenvalue weighted by Crippen LogP contribution is 2.18. The molecule has 0 aliphatic carbocycles. The van der Waals surface area contributed by atoms with Crippen molar-refractivity contribution in [3.05, 3.63) is 17.8 Å². The van der Waals surface area contributed by atoms with E-state index in [-0.39, 0.29) is 11.6 Å². The van der Waals surface area contributed by atoms with Crippen LogP contribution in [-0.2, 0) is 0 Å². The number of aromatic carboxylic acids is 1. The van der Waals surface area contributed by atoms with Gasteiger partial charge in [0.15, 0.2) is 5.69 Å². The second-order valence-electron chi connectivity index (χ2n) is 3.53. The van der Waals surface area contributed by atoms with Crippen molar-refractivity contribution >= 4 is 5.97 Å². The third kappa shape index (κ3) is 3.12. The molecule has 0 fully saturated rings. The Kier molecular flexibility index (Phi) is 3.49. The van der Waals surface area contributed by atoms with Crippen molar-refractivity contribution in [2.24, 2.45) is 5.92 Å². The van der Waals surface area contributed by atoms with Crippen LogP contribution in [0.4, 0.5) is 0 Å². The lowest BCUT2D eigenvalue weighted by molar-refractivity contribution is 0.0685. The summed E-state index contributed by atoms with van der Waals surface area (Å²) in [7, 11) is 0. The van der Waals surface area contributed by atoms with Crippen LogP contribution in [-0.4, -0.2) is 27.8 Å². The van der Waals surface area contributed by atoms with Gasteiger partial charge in [0.05, 0.1) is 6.61 Å². The summed E-state index contributed by atoms with van der Waals surface area (Å²) < 4.78 is 5.23. The summed E-state index contributed by atoms with van der Waals surface area (Å²) in [5, 5.41) is 17.9. The summed E-state index contributed by atoms with van der Waals surface area (Å²) in [6.45, 7) is 4.40. The quantitative estimate of drug-likeness (QED) is 0.789. The Balaban J connectivity index is 2.83. The maximum Gasteiger partial charge on any atom is 0.358 e. The molecular formula is C10H13NO4. The van der Waals surface area contributed by atoms with Crippen LogP contribution in [0.25, 0.3) is 0 Å². The molecule has 82 valence electrons. The molecule has 1 aromatic rings. The summed E-state index contributed by atoms with van der Waals surface area (Å²) >= 11 is 0. The SMILES string of the molecule is CC(C)COc1ccc(O)c(C(=O)O)n1. The van der Waals surface area contributed by atoms with Crippen LogP contribution in [0, 0.1) is 5.92 Å². The van der Waals surface area contributed by atoms with Crippen molar-refractivity contribution in [3.63, 3.8) is 0 Å². The topological polar surface area (TPSA) is 79.7 Å². The van der Waals surface area contributed by atoms with Crippen molar-refractivity contribution in [2.75, 3.05) is 6.61 Å². The normalized spacial score (nSPS) is 10.3. The zero-order valence-electron chi connectivity index (χ0n) is 8.60. The third-order valence-corrected chi connectivity index (χ3v) is 1.62. The molecule has 0 atom stereocenters. The van der Waals surface area contributed by atoms with E-state index in [1.807, 2.05) is 13.8 Å². The Bertz CT molecular complexity index is 362. The van der Waals surface area contributed by atoms with E-state index in [1.165, 1.54) is 12.1 Å². The molecule has 5 nitrogen and oxygen atoms in total. The van der Waals surface area contributed by atoms with E-state index in [1.54, 1.807) is 0 Å². The fraction of sp³-hybridized carbons (Fsp3) is 0.400. The van der Waals surface area contributed by atoms with Crippen molar-refractivity contribution in [1.82, 2.24) is 4.98 Å². The zero-order valence-corrected chi connectivity index (χ0v) is 8.60. The first-order valence-electron chi connectivity index (χ1n) is 4.56. The molecule has 0 aromatic carbocycles. The van der Waals surface area contributed by atoms with Crippen LogP contribution in [0.5, 0.6) is 11.6 Å². The van der Waals surface area contributed by atoms with E-state index < -0.39 is 11.7 Å². The number of carboxylic acid groups (broad SMARTS) is 1. The first-order valence-corrected chi connectivity index (χ1v) is 4.56. The van der Waals surface area contributed by atoms with Crippen molar-refractivity contribution in [2.45, 2.75) is 13.8 Å². The fourth-order valence-electron chi connectivity index (χ4n) is 0.924. The van der Waals surface area contributed by atoms with E-state index in [9.17, 15) is 9.90 Å². The summed E-state index contributed by atoms with van der Waals surface area (Å²) in [6.07, 6.45) is 0. The number of ether oxygens (including phenoxy) is 1. The number of hydrogen-bond donors (Lipinski definition) is 2. The van der Waals surface area contributed by atoms with Gasteiger partial charge in [-0.1, -0.05) is 13.8 Å². The number of pyridine rings is 1. The molecule has 1 rings (SSSR count). The molecule has 0 unspecified atom stereocenters. The van der Waals surface area contributed by atoms with Gasteiger partial charge in [-0.25, -0.2) is 9.78 Å². The minimum Gasteiger partial charge on any atom is -0.505 e. The molecule has 2 N–H and O–H groups in total. The lowest BCUT2D eigenvalue weighted by Crippen LogP contribution is -2.08. The van der Waals surface area contributed by atoms with Gasteiger partial charge < -0.3 is 14.9 Å². The molecule has 0 saturated heterocycles. The highest BCUT2D eigenvalue weighted by atomic mass is 16.5. The minimum absolute atomic E-state index is 0.207. The molecule has 0 saturated carbocycles.